The van der Waals surface area contributed by atoms with Gasteiger partial charge in [0.1, 0.15) is 6.26 Å². The number of piperazine rings is 1. The van der Waals surface area contributed by atoms with Gasteiger partial charge in [-0.3, -0.25) is 9.59 Å². The average molecular weight is 599 g/mol. The molecule has 43 heavy (non-hydrogen) atoms. The van der Waals surface area contributed by atoms with E-state index in [2.05, 4.69) is 68.5 Å². The Bertz CT molecular complexity index is 1600. The van der Waals surface area contributed by atoms with Crippen molar-refractivity contribution in [2.75, 3.05) is 47.8 Å². The van der Waals surface area contributed by atoms with Crippen LogP contribution in [0.2, 0.25) is 0 Å². The topological polar surface area (TPSA) is 104 Å². The van der Waals surface area contributed by atoms with Gasteiger partial charge in [-0.15, -0.1) is 11.3 Å². The summed E-state index contributed by atoms with van der Waals surface area (Å²) < 4.78 is 5.56. The quantitative estimate of drug-likeness (QED) is 0.220. The van der Waals surface area contributed by atoms with Crippen LogP contribution < -0.4 is 20.4 Å². The number of rotatable bonds is 10. The van der Waals surface area contributed by atoms with E-state index in [1.807, 2.05) is 19.1 Å². The van der Waals surface area contributed by atoms with E-state index in [1.165, 1.54) is 22.4 Å². The van der Waals surface area contributed by atoms with E-state index in [1.54, 1.807) is 17.4 Å². The monoisotopic (exact) mass is 598 g/mol. The summed E-state index contributed by atoms with van der Waals surface area (Å²) in [4.78, 5) is 41.3. The van der Waals surface area contributed by atoms with Crippen LogP contribution in [0.5, 0.6) is 0 Å². The normalized spacial score (nSPS) is 15.0. The largest absolute Gasteiger partial charge is 0.448 e. The average Bonchev–Trinajstić information content (AvgIpc) is 3.65. The molecule has 3 heterocycles. The molecule has 1 saturated heterocycles. The van der Waals surface area contributed by atoms with Crippen molar-refractivity contribution in [3.63, 3.8) is 0 Å². The van der Waals surface area contributed by atoms with Crippen LogP contribution in [0.25, 0.3) is 0 Å². The Kier molecular flexibility index (Phi) is 8.47. The molecular weight excluding hydrogens is 560 g/mol. The molecule has 0 spiro atoms. The number of aryl methyl sites for hydroxylation is 4. The summed E-state index contributed by atoms with van der Waals surface area (Å²) >= 11 is 1.71. The van der Waals surface area contributed by atoms with Gasteiger partial charge in [0.05, 0.1) is 22.1 Å². The van der Waals surface area contributed by atoms with Gasteiger partial charge in [-0.05, 0) is 69.9 Å². The summed E-state index contributed by atoms with van der Waals surface area (Å²) in [7, 11) is 0. The number of nitrogens with one attached hydrogen (secondary N) is 2. The van der Waals surface area contributed by atoms with Crippen molar-refractivity contribution in [1.29, 1.82) is 0 Å². The van der Waals surface area contributed by atoms with Gasteiger partial charge in [-0.2, -0.15) is 0 Å². The molecule has 1 aliphatic heterocycles. The molecular formula is C33H38N6O3S. The first-order chi connectivity index (χ1) is 20.9. The lowest BCUT2D eigenvalue weighted by Crippen LogP contribution is -2.47. The zero-order chi connectivity index (χ0) is 29.9. The molecule has 2 aliphatic rings. The van der Waals surface area contributed by atoms with E-state index in [4.69, 9.17) is 4.42 Å². The maximum atomic E-state index is 13.3. The van der Waals surface area contributed by atoms with Crippen molar-refractivity contribution in [2.45, 2.75) is 52.4 Å². The number of carbonyl (C=O) groups is 2. The fraction of sp³-hybridized carbons (Fsp3) is 0.394. The van der Waals surface area contributed by atoms with Gasteiger partial charge in [-0.1, -0.05) is 18.2 Å². The second kappa shape index (κ2) is 12.6. The summed E-state index contributed by atoms with van der Waals surface area (Å²) in [5, 5.41) is 7.16. The second-order valence-corrected chi connectivity index (χ2v) is 12.7. The third-order valence-corrected chi connectivity index (χ3v) is 9.32. The van der Waals surface area contributed by atoms with Crippen LogP contribution in [0.15, 0.2) is 53.1 Å². The Hall–Kier alpha value is -4.18. The van der Waals surface area contributed by atoms with Gasteiger partial charge in [0.15, 0.2) is 11.6 Å². The maximum Gasteiger partial charge on any atom is 0.277 e. The number of para-hydroxylation sites is 1. The van der Waals surface area contributed by atoms with Gasteiger partial charge in [0, 0.05) is 61.2 Å². The lowest BCUT2D eigenvalue weighted by Gasteiger charge is -2.38. The first-order valence-electron chi connectivity index (χ1n) is 15.0. The third-order valence-electron chi connectivity index (χ3n) is 8.19. The number of benzene rings is 2. The van der Waals surface area contributed by atoms with Crippen LogP contribution >= 0.6 is 11.3 Å². The first-order valence-corrected chi connectivity index (χ1v) is 15.8. The zero-order valence-electron chi connectivity index (χ0n) is 25.0. The number of hydrogen-bond donors (Lipinski definition) is 2. The second-order valence-electron chi connectivity index (χ2n) is 11.4. The summed E-state index contributed by atoms with van der Waals surface area (Å²) in [6.07, 6.45) is 5.14. The number of carbonyl (C=O) groups excluding carboxylic acids is 2. The molecule has 2 aromatic heterocycles. The predicted octanol–water partition coefficient (Wildman–Crippen LogP) is 5.88. The van der Waals surface area contributed by atoms with Gasteiger partial charge in [0.25, 0.3) is 11.8 Å². The number of aromatic nitrogens is 2. The maximum absolute atomic E-state index is 13.3. The van der Waals surface area contributed by atoms with Crippen molar-refractivity contribution in [3.8, 4) is 0 Å². The minimum atomic E-state index is -0.345. The van der Waals surface area contributed by atoms with Crippen molar-refractivity contribution < 1.29 is 14.0 Å². The highest BCUT2D eigenvalue weighted by Crippen LogP contribution is 2.39. The number of anilines is 3. The summed E-state index contributed by atoms with van der Waals surface area (Å²) in [5.41, 5.74) is 5.80. The van der Waals surface area contributed by atoms with Gasteiger partial charge < -0.3 is 24.9 Å². The van der Waals surface area contributed by atoms with E-state index < -0.39 is 0 Å². The van der Waals surface area contributed by atoms with Crippen molar-refractivity contribution in [2.24, 2.45) is 0 Å². The van der Waals surface area contributed by atoms with Crippen molar-refractivity contribution in [1.82, 2.24) is 15.3 Å². The Morgan fingerprint density at radius 3 is 2.40 bits per heavy atom. The molecule has 0 unspecified atom stereocenters. The van der Waals surface area contributed by atoms with Crippen molar-refractivity contribution >= 4 is 40.2 Å². The Labute approximate surface area is 256 Å². The minimum absolute atomic E-state index is 0.171. The van der Waals surface area contributed by atoms with Gasteiger partial charge in [-0.25, -0.2) is 9.97 Å². The summed E-state index contributed by atoms with van der Waals surface area (Å²) in [6, 6.07) is 14.0. The van der Waals surface area contributed by atoms with E-state index in [-0.39, 0.29) is 17.5 Å². The number of thiazole rings is 1. The molecule has 0 bridgehead atoms. The molecule has 0 radical (unpaired) electrons. The predicted molar refractivity (Wildman–Crippen MR) is 171 cm³/mol. The first kappa shape index (κ1) is 28.9. The van der Waals surface area contributed by atoms with Crippen LogP contribution in [0.3, 0.4) is 0 Å². The highest BCUT2D eigenvalue weighted by Gasteiger charge is 2.30. The van der Waals surface area contributed by atoms with Crippen LogP contribution in [-0.2, 0) is 6.42 Å². The zero-order valence-corrected chi connectivity index (χ0v) is 25.8. The SMILES string of the molecule is Cc1ccccc1N1CCN(c2ccc(C(=O)NCCCc3nc(C)c(C)s3)cc2NC(=O)c2coc(C3CC3)n2)CC1. The lowest BCUT2D eigenvalue weighted by atomic mass is 10.1. The highest BCUT2D eigenvalue weighted by atomic mass is 32.1. The van der Waals surface area contributed by atoms with E-state index in [0.717, 1.165) is 68.3 Å². The molecule has 1 saturated carbocycles. The number of nitrogens with zero attached hydrogens (tertiary/aromatic N) is 4. The number of oxazole rings is 1. The molecule has 2 N–H and O–H groups in total. The molecule has 10 heteroatoms. The number of hydrogen-bond acceptors (Lipinski definition) is 8. The van der Waals surface area contributed by atoms with E-state index in [0.29, 0.717) is 29.6 Å². The Morgan fingerprint density at radius 1 is 0.953 bits per heavy atom. The molecule has 9 nitrogen and oxygen atoms in total. The van der Waals surface area contributed by atoms with Crippen LogP contribution in [0.4, 0.5) is 17.1 Å². The molecule has 0 atom stereocenters. The van der Waals surface area contributed by atoms with Gasteiger partial charge >= 0.3 is 0 Å². The molecule has 2 fully saturated rings. The Morgan fingerprint density at radius 2 is 1.70 bits per heavy atom. The molecule has 224 valence electrons. The summed E-state index contributed by atoms with van der Waals surface area (Å²) in [6.45, 7) is 10.1. The van der Waals surface area contributed by atoms with E-state index in [9.17, 15) is 9.59 Å². The van der Waals surface area contributed by atoms with Crippen molar-refractivity contribution in [3.05, 3.63) is 87.0 Å². The Balaban J connectivity index is 1.15. The molecule has 6 rings (SSSR count). The van der Waals surface area contributed by atoms with Crippen LogP contribution in [-0.4, -0.2) is 54.5 Å². The van der Waals surface area contributed by atoms with Crippen LogP contribution in [0.1, 0.15) is 73.1 Å². The van der Waals surface area contributed by atoms with Crippen LogP contribution in [0, 0.1) is 20.8 Å². The fourth-order valence-corrected chi connectivity index (χ4v) is 6.42. The smallest absolute Gasteiger partial charge is 0.277 e. The molecule has 1 aliphatic carbocycles. The number of amides is 2. The summed E-state index contributed by atoms with van der Waals surface area (Å²) in [5.74, 6) is 0.420. The van der Waals surface area contributed by atoms with Gasteiger partial charge in [0.2, 0.25) is 0 Å². The minimum Gasteiger partial charge on any atom is -0.448 e. The molecule has 4 aromatic rings. The standard InChI is InChI=1S/C33H38N6O3S/c1-21-7-4-5-8-28(21)38-15-17-39(18-16-38)29-13-12-25(31(40)34-14-6-9-30-35-22(2)23(3)43-30)19-26(29)36-32(41)27-20-42-33(37-27)24-10-11-24/h4-5,7-8,12-13,19-20,24H,6,9-11,14-18H2,1-3H3,(H,34,40)(H,36,41). The molecule has 2 aromatic carbocycles. The highest BCUT2D eigenvalue weighted by molar-refractivity contribution is 7.11. The fourth-order valence-electron chi connectivity index (χ4n) is 5.45. The lowest BCUT2D eigenvalue weighted by molar-refractivity contribution is 0.0951. The molecule has 2 amide bonds. The third kappa shape index (κ3) is 6.74. The van der Waals surface area contributed by atoms with E-state index >= 15 is 0 Å².